The number of hydrogen-bond donors (Lipinski definition) is 1. The predicted molar refractivity (Wildman–Crippen MR) is 88.5 cm³/mol. The lowest BCUT2D eigenvalue weighted by Gasteiger charge is -2.34. The molecule has 3 rings (SSSR count). The summed E-state index contributed by atoms with van der Waals surface area (Å²) in [4.78, 5) is 14.4. The van der Waals surface area contributed by atoms with Gasteiger partial charge in [0.25, 0.3) is 0 Å². The Hall–Kier alpha value is -2.78. The molecule has 0 saturated carbocycles. The van der Waals surface area contributed by atoms with Gasteiger partial charge in [-0.2, -0.15) is 5.26 Å². The van der Waals surface area contributed by atoms with E-state index in [-0.39, 0.29) is 12.1 Å². The largest absolute Gasteiger partial charge is 0.464 e. The van der Waals surface area contributed by atoms with Gasteiger partial charge in [-0.25, -0.2) is 4.79 Å². The van der Waals surface area contributed by atoms with E-state index >= 15 is 0 Å². The van der Waals surface area contributed by atoms with Gasteiger partial charge in [-0.1, -0.05) is 6.92 Å². The molecule has 1 unspecified atom stereocenters. The second kappa shape index (κ2) is 7.20. The number of carbonyl (C=O) groups is 1. The SMILES string of the molecule is CCc1ccc(C2COCCN2C(=O)Nc2ccc(C#N)cc2)o1. The average Bonchev–Trinajstić information content (AvgIpc) is 3.11. The quantitative estimate of drug-likeness (QED) is 0.939. The lowest BCUT2D eigenvalue weighted by atomic mass is 10.2. The van der Waals surface area contributed by atoms with Crippen LogP contribution < -0.4 is 5.32 Å². The molecule has 1 atom stereocenters. The number of amides is 2. The summed E-state index contributed by atoms with van der Waals surface area (Å²) in [5.41, 5.74) is 1.21. The van der Waals surface area contributed by atoms with E-state index in [1.54, 1.807) is 29.2 Å². The average molecular weight is 325 g/mol. The summed E-state index contributed by atoms with van der Waals surface area (Å²) in [5.74, 6) is 1.63. The molecule has 0 radical (unpaired) electrons. The molecule has 6 heteroatoms. The first kappa shape index (κ1) is 16.1. The maximum Gasteiger partial charge on any atom is 0.322 e. The summed E-state index contributed by atoms with van der Waals surface area (Å²) in [6, 6.07) is 12.2. The number of hydrogen-bond acceptors (Lipinski definition) is 4. The van der Waals surface area contributed by atoms with E-state index in [1.807, 2.05) is 19.1 Å². The number of furan rings is 1. The van der Waals surface area contributed by atoms with Gasteiger partial charge >= 0.3 is 6.03 Å². The summed E-state index contributed by atoms with van der Waals surface area (Å²) < 4.78 is 11.3. The zero-order valence-electron chi connectivity index (χ0n) is 13.5. The smallest absolute Gasteiger partial charge is 0.322 e. The number of carbonyl (C=O) groups excluding carboxylic acids is 1. The summed E-state index contributed by atoms with van der Waals surface area (Å²) in [6.45, 7) is 3.43. The van der Waals surface area contributed by atoms with Gasteiger partial charge < -0.3 is 19.4 Å². The van der Waals surface area contributed by atoms with E-state index in [4.69, 9.17) is 14.4 Å². The molecule has 0 bridgehead atoms. The van der Waals surface area contributed by atoms with E-state index in [0.717, 1.165) is 17.9 Å². The second-order valence-corrected chi connectivity index (χ2v) is 5.56. The molecule has 1 aliphatic rings. The third-order valence-corrected chi connectivity index (χ3v) is 4.01. The van der Waals surface area contributed by atoms with Crippen LogP contribution in [-0.2, 0) is 11.2 Å². The highest BCUT2D eigenvalue weighted by molar-refractivity contribution is 5.89. The molecule has 124 valence electrons. The van der Waals surface area contributed by atoms with E-state index in [0.29, 0.717) is 31.0 Å². The molecule has 1 fully saturated rings. The highest BCUT2D eigenvalue weighted by Gasteiger charge is 2.31. The molecule has 1 aromatic carbocycles. The van der Waals surface area contributed by atoms with Gasteiger partial charge in [0.05, 0.1) is 24.8 Å². The van der Waals surface area contributed by atoms with Crippen molar-refractivity contribution >= 4 is 11.7 Å². The second-order valence-electron chi connectivity index (χ2n) is 5.56. The Balaban J connectivity index is 1.74. The van der Waals surface area contributed by atoms with Crippen LogP contribution >= 0.6 is 0 Å². The van der Waals surface area contributed by atoms with Crippen molar-refractivity contribution in [2.75, 3.05) is 25.1 Å². The lowest BCUT2D eigenvalue weighted by molar-refractivity contribution is 0.00702. The van der Waals surface area contributed by atoms with Crippen molar-refractivity contribution in [1.29, 1.82) is 5.26 Å². The highest BCUT2D eigenvalue weighted by atomic mass is 16.5. The Labute approximate surface area is 140 Å². The summed E-state index contributed by atoms with van der Waals surface area (Å²) >= 11 is 0. The predicted octanol–water partition coefficient (Wildman–Crippen LogP) is 3.32. The number of urea groups is 1. The number of morpholine rings is 1. The summed E-state index contributed by atoms with van der Waals surface area (Å²) in [5, 5.41) is 11.7. The zero-order chi connectivity index (χ0) is 16.9. The molecule has 1 saturated heterocycles. The fourth-order valence-electron chi connectivity index (χ4n) is 2.67. The number of aryl methyl sites for hydroxylation is 1. The molecule has 2 heterocycles. The fourth-order valence-corrected chi connectivity index (χ4v) is 2.67. The normalized spacial score (nSPS) is 17.3. The van der Waals surface area contributed by atoms with Crippen molar-refractivity contribution in [2.45, 2.75) is 19.4 Å². The molecule has 2 amide bonds. The highest BCUT2D eigenvalue weighted by Crippen LogP contribution is 2.27. The van der Waals surface area contributed by atoms with Crippen LogP contribution in [0.25, 0.3) is 0 Å². The third kappa shape index (κ3) is 3.42. The van der Waals surface area contributed by atoms with E-state index in [9.17, 15) is 4.79 Å². The van der Waals surface area contributed by atoms with Crippen LogP contribution in [0.5, 0.6) is 0 Å². The Morgan fingerprint density at radius 3 is 2.79 bits per heavy atom. The van der Waals surface area contributed by atoms with E-state index in [1.165, 1.54) is 0 Å². The van der Waals surface area contributed by atoms with Gasteiger partial charge in [-0.05, 0) is 36.4 Å². The molecule has 1 aromatic heterocycles. The van der Waals surface area contributed by atoms with Crippen molar-refractivity contribution in [1.82, 2.24) is 4.90 Å². The maximum atomic E-state index is 12.6. The van der Waals surface area contributed by atoms with Gasteiger partial charge in [0.2, 0.25) is 0 Å². The van der Waals surface area contributed by atoms with E-state index < -0.39 is 0 Å². The summed E-state index contributed by atoms with van der Waals surface area (Å²) in [6.07, 6.45) is 0.811. The molecule has 0 aliphatic carbocycles. The minimum absolute atomic E-state index is 0.206. The molecule has 0 spiro atoms. The Morgan fingerprint density at radius 2 is 2.12 bits per heavy atom. The van der Waals surface area contributed by atoms with Gasteiger partial charge in [0.15, 0.2) is 0 Å². The molecule has 1 aliphatic heterocycles. The number of ether oxygens (including phenoxy) is 1. The number of nitrogens with zero attached hydrogens (tertiary/aromatic N) is 2. The van der Waals surface area contributed by atoms with Crippen molar-refractivity contribution in [2.24, 2.45) is 0 Å². The first-order valence-corrected chi connectivity index (χ1v) is 7.95. The van der Waals surface area contributed by atoms with Gasteiger partial charge in [-0.3, -0.25) is 0 Å². The monoisotopic (exact) mass is 325 g/mol. The van der Waals surface area contributed by atoms with Crippen LogP contribution in [0.15, 0.2) is 40.8 Å². The van der Waals surface area contributed by atoms with Crippen molar-refractivity contribution in [3.05, 3.63) is 53.5 Å². The van der Waals surface area contributed by atoms with Gasteiger partial charge in [0.1, 0.15) is 17.6 Å². The Kier molecular flexibility index (Phi) is 4.82. The van der Waals surface area contributed by atoms with Crippen molar-refractivity contribution in [3.63, 3.8) is 0 Å². The number of rotatable bonds is 3. The molecule has 1 N–H and O–H groups in total. The van der Waals surface area contributed by atoms with Crippen molar-refractivity contribution < 1.29 is 13.9 Å². The van der Waals surface area contributed by atoms with Gasteiger partial charge in [0, 0.05) is 18.7 Å². The molecule has 24 heavy (non-hydrogen) atoms. The standard InChI is InChI=1S/C18H19N3O3/c1-2-15-7-8-17(24-15)16-12-23-10-9-21(16)18(22)20-14-5-3-13(11-19)4-6-14/h3-8,16H,2,9-10,12H2,1H3,(H,20,22). The van der Waals surface area contributed by atoms with Crippen LogP contribution in [0.4, 0.5) is 10.5 Å². The minimum atomic E-state index is -0.238. The molecular formula is C18H19N3O3. The van der Waals surface area contributed by atoms with Gasteiger partial charge in [-0.15, -0.1) is 0 Å². The lowest BCUT2D eigenvalue weighted by Crippen LogP contribution is -2.45. The Bertz CT molecular complexity index is 746. The van der Waals surface area contributed by atoms with Crippen molar-refractivity contribution in [3.8, 4) is 6.07 Å². The fraction of sp³-hybridized carbons (Fsp3) is 0.333. The van der Waals surface area contributed by atoms with Crippen LogP contribution in [0.3, 0.4) is 0 Å². The topological polar surface area (TPSA) is 78.5 Å². The number of nitriles is 1. The Morgan fingerprint density at radius 1 is 1.33 bits per heavy atom. The third-order valence-electron chi connectivity index (χ3n) is 4.01. The van der Waals surface area contributed by atoms with E-state index in [2.05, 4.69) is 11.4 Å². The van der Waals surface area contributed by atoms with Crippen LogP contribution in [0.2, 0.25) is 0 Å². The first-order chi connectivity index (χ1) is 11.7. The zero-order valence-corrected chi connectivity index (χ0v) is 13.5. The molecule has 2 aromatic rings. The molecular weight excluding hydrogens is 306 g/mol. The molecule has 6 nitrogen and oxygen atoms in total. The summed E-state index contributed by atoms with van der Waals surface area (Å²) in [7, 11) is 0. The number of nitrogens with one attached hydrogen (secondary N) is 1. The van der Waals surface area contributed by atoms with Crippen LogP contribution in [0.1, 0.15) is 30.0 Å². The first-order valence-electron chi connectivity index (χ1n) is 7.95. The number of anilines is 1. The maximum absolute atomic E-state index is 12.6. The van der Waals surface area contributed by atoms with Crippen LogP contribution in [-0.4, -0.2) is 30.7 Å². The van der Waals surface area contributed by atoms with Crippen LogP contribution in [0, 0.1) is 11.3 Å². The number of benzene rings is 1. The minimum Gasteiger partial charge on any atom is -0.464 e.